The molecule has 8 heteroatoms. The van der Waals surface area contributed by atoms with Crippen molar-refractivity contribution in [3.8, 4) is 5.75 Å². The minimum atomic E-state index is -0.0787. The van der Waals surface area contributed by atoms with Crippen LogP contribution in [-0.4, -0.2) is 32.7 Å². The maximum atomic E-state index is 12.6. The molecule has 0 spiro atoms. The zero-order valence-electron chi connectivity index (χ0n) is 16.1. The Balaban J connectivity index is 1.40. The number of phenols is 1. The van der Waals surface area contributed by atoms with Gasteiger partial charge in [-0.15, -0.1) is 0 Å². The molecule has 2 amide bonds. The van der Waals surface area contributed by atoms with E-state index in [1.165, 1.54) is 23.9 Å². The first-order valence-corrected chi connectivity index (χ1v) is 11.1. The Kier molecular flexibility index (Phi) is 7.90. The molecule has 1 aliphatic heterocycles. The molecule has 1 heterocycles. The number of thioether (sulfide) groups is 1. The van der Waals surface area contributed by atoms with Crippen molar-refractivity contribution in [1.82, 2.24) is 4.90 Å². The van der Waals surface area contributed by atoms with Crippen LogP contribution in [0.1, 0.15) is 31.2 Å². The number of thiocarbonyl (C=S) groups is 1. The molecule has 1 fully saturated rings. The Morgan fingerprint density at radius 2 is 1.80 bits per heavy atom. The molecule has 1 saturated heterocycles. The van der Waals surface area contributed by atoms with E-state index in [1.54, 1.807) is 29.2 Å². The van der Waals surface area contributed by atoms with Gasteiger partial charge in [0.25, 0.3) is 5.91 Å². The van der Waals surface area contributed by atoms with Crippen molar-refractivity contribution in [2.45, 2.75) is 25.7 Å². The number of nitrogens with zero attached hydrogens (tertiary/aromatic N) is 1. The van der Waals surface area contributed by atoms with Crippen LogP contribution in [0.15, 0.2) is 53.4 Å². The fraction of sp³-hybridized carbons (Fsp3) is 0.227. The third-order valence-electron chi connectivity index (χ3n) is 4.48. The number of phenolic OH excluding ortho intramolecular Hbond substituents is 1. The van der Waals surface area contributed by atoms with Crippen molar-refractivity contribution in [3.05, 3.63) is 64.0 Å². The monoisotopic (exact) mass is 460 g/mol. The molecule has 0 aromatic heterocycles. The number of aromatic hydroxyl groups is 1. The van der Waals surface area contributed by atoms with E-state index in [1.807, 2.05) is 18.2 Å². The van der Waals surface area contributed by atoms with Crippen molar-refractivity contribution in [1.29, 1.82) is 0 Å². The number of anilines is 1. The first kappa shape index (κ1) is 22.3. The van der Waals surface area contributed by atoms with Crippen LogP contribution in [0.25, 0.3) is 6.08 Å². The lowest BCUT2D eigenvalue weighted by atomic mass is 10.1. The number of hydrogen-bond acceptors (Lipinski definition) is 5. The van der Waals surface area contributed by atoms with E-state index in [4.69, 9.17) is 23.8 Å². The first-order chi connectivity index (χ1) is 14.4. The third kappa shape index (κ3) is 6.32. The summed E-state index contributed by atoms with van der Waals surface area (Å²) in [5, 5.41) is 12.7. The SMILES string of the molecule is O=C(CCCCCN1C(=O)/C(=C/c2ccc(Cl)cc2)SC1=S)Nc1ccc(O)cc1. The van der Waals surface area contributed by atoms with Gasteiger partial charge in [-0.05, 0) is 60.9 Å². The standard InChI is InChI=1S/C22H21ClN2O3S2/c23-16-7-5-15(6-8-16)14-19-21(28)25(22(29)30-19)13-3-1-2-4-20(27)24-17-9-11-18(26)12-10-17/h5-12,14,26H,1-4,13H2,(H,24,27)/b19-14-. The molecule has 0 aliphatic carbocycles. The van der Waals surface area contributed by atoms with E-state index in [0.29, 0.717) is 32.9 Å². The maximum Gasteiger partial charge on any atom is 0.266 e. The molecule has 156 valence electrons. The Morgan fingerprint density at radius 3 is 2.50 bits per heavy atom. The van der Waals surface area contributed by atoms with Gasteiger partial charge in [0.05, 0.1) is 4.91 Å². The van der Waals surface area contributed by atoms with Crippen molar-refractivity contribution in [2.75, 3.05) is 11.9 Å². The molecule has 2 N–H and O–H groups in total. The predicted molar refractivity (Wildman–Crippen MR) is 127 cm³/mol. The molecule has 3 rings (SSSR count). The summed E-state index contributed by atoms with van der Waals surface area (Å²) in [7, 11) is 0. The normalized spacial score (nSPS) is 15.1. The Bertz CT molecular complexity index is 959. The third-order valence-corrected chi connectivity index (χ3v) is 6.11. The van der Waals surface area contributed by atoms with Crippen LogP contribution in [0.3, 0.4) is 0 Å². The summed E-state index contributed by atoms with van der Waals surface area (Å²) in [6, 6.07) is 13.6. The number of halogens is 1. The van der Waals surface area contributed by atoms with Gasteiger partial charge in [-0.3, -0.25) is 14.5 Å². The summed E-state index contributed by atoms with van der Waals surface area (Å²) < 4.78 is 0.560. The van der Waals surface area contributed by atoms with Crippen molar-refractivity contribution < 1.29 is 14.7 Å². The molecule has 5 nitrogen and oxygen atoms in total. The van der Waals surface area contributed by atoms with Crippen molar-refractivity contribution >= 4 is 63.5 Å². The number of benzene rings is 2. The number of amides is 2. The first-order valence-electron chi connectivity index (χ1n) is 9.52. The van der Waals surface area contributed by atoms with Gasteiger partial charge in [0.1, 0.15) is 10.1 Å². The van der Waals surface area contributed by atoms with Crippen LogP contribution in [-0.2, 0) is 9.59 Å². The molecule has 2 aromatic rings. The van der Waals surface area contributed by atoms with E-state index in [-0.39, 0.29) is 17.6 Å². The topological polar surface area (TPSA) is 69.6 Å². The minimum Gasteiger partial charge on any atom is -0.508 e. The Labute approximate surface area is 190 Å². The van der Waals surface area contributed by atoms with Gasteiger partial charge < -0.3 is 10.4 Å². The van der Waals surface area contributed by atoms with E-state index in [2.05, 4.69) is 5.32 Å². The highest BCUT2D eigenvalue weighted by atomic mass is 35.5. The molecule has 1 aliphatic rings. The summed E-state index contributed by atoms with van der Waals surface area (Å²) in [6.45, 7) is 0.544. The summed E-state index contributed by atoms with van der Waals surface area (Å²) >= 11 is 12.6. The van der Waals surface area contributed by atoms with E-state index >= 15 is 0 Å². The summed E-state index contributed by atoms with van der Waals surface area (Å²) in [4.78, 5) is 26.8. The minimum absolute atomic E-state index is 0.0720. The predicted octanol–water partition coefficient (Wildman–Crippen LogP) is 5.45. The number of nitrogens with one attached hydrogen (secondary N) is 1. The molecule has 0 bridgehead atoms. The van der Waals surface area contributed by atoms with Crippen molar-refractivity contribution in [2.24, 2.45) is 0 Å². The highest BCUT2D eigenvalue weighted by molar-refractivity contribution is 8.26. The number of carbonyl (C=O) groups is 2. The number of rotatable bonds is 8. The summed E-state index contributed by atoms with van der Waals surface area (Å²) in [5.41, 5.74) is 1.56. The molecule has 30 heavy (non-hydrogen) atoms. The smallest absolute Gasteiger partial charge is 0.266 e. The van der Waals surface area contributed by atoms with Crippen LogP contribution >= 0.6 is 35.6 Å². The van der Waals surface area contributed by atoms with Gasteiger partial charge in [-0.2, -0.15) is 0 Å². The Hall–Kier alpha value is -2.35. The van der Waals surface area contributed by atoms with Crippen LogP contribution in [0, 0.1) is 0 Å². The van der Waals surface area contributed by atoms with Gasteiger partial charge in [0.15, 0.2) is 0 Å². The molecule has 0 saturated carbocycles. The number of hydrogen-bond donors (Lipinski definition) is 2. The fourth-order valence-electron chi connectivity index (χ4n) is 2.90. The molecule has 0 radical (unpaired) electrons. The van der Waals surface area contributed by atoms with E-state index in [9.17, 15) is 14.7 Å². The zero-order valence-corrected chi connectivity index (χ0v) is 18.5. The van der Waals surface area contributed by atoms with E-state index < -0.39 is 0 Å². The maximum absolute atomic E-state index is 12.6. The lowest BCUT2D eigenvalue weighted by molar-refractivity contribution is -0.122. The molecule has 0 atom stereocenters. The van der Waals surface area contributed by atoms with Crippen LogP contribution in [0.2, 0.25) is 5.02 Å². The average Bonchev–Trinajstić information content (AvgIpc) is 2.98. The van der Waals surface area contributed by atoms with Crippen LogP contribution < -0.4 is 5.32 Å². The van der Waals surface area contributed by atoms with Gasteiger partial charge >= 0.3 is 0 Å². The van der Waals surface area contributed by atoms with Gasteiger partial charge in [0.2, 0.25) is 5.91 Å². The highest BCUT2D eigenvalue weighted by Gasteiger charge is 2.31. The molecule has 0 unspecified atom stereocenters. The fourth-order valence-corrected chi connectivity index (χ4v) is 4.34. The largest absolute Gasteiger partial charge is 0.508 e. The van der Waals surface area contributed by atoms with Gasteiger partial charge in [-0.1, -0.05) is 54.1 Å². The second-order valence-electron chi connectivity index (χ2n) is 6.79. The van der Waals surface area contributed by atoms with Gasteiger partial charge in [0, 0.05) is 23.7 Å². The quantitative estimate of drug-likeness (QED) is 0.237. The van der Waals surface area contributed by atoms with Crippen molar-refractivity contribution in [3.63, 3.8) is 0 Å². The van der Waals surface area contributed by atoms with E-state index in [0.717, 1.165) is 24.8 Å². The van der Waals surface area contributed by atoms with Crippen LogP contribution in [0.5, 0.6) is 5.75 Å². The lowest BCUT2D eigenvalue weighted by Crippen LogP contribution is -2.29. The average molecular weight is 461 g/mol. The lowest BCUT2D eigenvalue weighted by Gasteiger charge is -2.14. The Morgan fingerprint density at radius 1 is 1.10 bits per heavy atom. The number of carbonyl (C=O) groups excluding carboxylic acids is 2. The molecule has 2 aromatic carbocycles. The second-order valence-corrected chi connectivity index (χ2v) is 8.90. The molecular formula is C22H21ClN2O3S2. The molecular weight excluding hydrogens is 440 g/mol. The second kappa shape index (κ2) is 10.6. The highest BCUT2D eigenvalue weighted by Crippen LogP contribution is 2.33. The van der Waals surface area contributed by atoms with Crippen LogP contribution in [0.4, 0.5) is 5.69 Å². The summed E-state index contributed by atoms with van der Waals surface area (Å²) in [5.74, 6) is 0.00827. The summed E-state index contributed by atoms with van der Waals surface area (Å²) in [6.07, 6.45) is 4.53. The van der Waals surface area contributed by atoms with Gasteiger partial charge in [-0.25, -0.2) is 0 Å². The zero-order chi connectivity index (χ0) is 21.5. The number of unbranched alkanes of at least 4 members (excludes halogenated alkanes) is 2.